The summed E-state index contributed by atoms with van der Waals surface area (Å²) in [4.78, 5) is 2.41. The Balaban J connectivity index is 1.38. The fraction of sp³-hybridized carbons (Fsp3) is 0.625. The molecule has 1 saturated carbocycles. The van der Waals surface area contributed by atoms with Gasteiger partial charge in [-0.3, -0.25) is 4.90 Å². The van der Waals surface area contributed by atoms with Crippen LogP contribution in [0.4, 0.5) is 4.39 Å². The van der Waals surface area contributed by atoms with E-state index in [-0.39, 0.29) is 18.0 Å². The molecule has 0 aromatic heterocycles. The summed E-state index contributed by atoms with van der Waals surface area (Å²) in [5.41, 5.74) is 0.981. The minimum absolute atomic E-state index is 0.110. The fourth-order valence-corrected chi connectivity index (χ4v) is 4.16. The Morgan fingerprint density at radius 2 is 2.20 bits per heavy atom. The molecule has 0 amide bonds. The van der Waals surface area contributed by atoms with Crippen LogP contribution in [0, 0.1) is 17.7 Å². The highest BCUT2D eigenvalue weighted by Crippen LogP contribution is 2.38. The Kier molecular flexibility index (Phi) is 2.97. The Morgan fingerprint density at radius 3 is 3.05 bits per heavy atom. The van der Waals surface area contributed by atoms with Crippen molar-refractivity contribution in [1.29, 1.82) is 0 Å². The van der Waals surface area contributed by atoms with E-state index in [4.69, 9.17) is 4.74 Å². The molecule has 0 bridgehead atoms. The topological polar surface area (TPSA) is 32.7 Å². The average molecular weight is 277 g/mol. The predicted molar refractivity (Wildman–Crippen MR) is 73.2 cm³/mol. The van der Waals surface area contributed by atoms with Gasteiger partial charge in [-0.2, -0.15) is 0 Å². The number of fused-ring (bicyclic) bond motifs is 2. The molecule has 1 aliphatic carbocycles. The number of hydrogen-bond acceptors (Lipinski definition) is 3. The quantitative estimate of drug-likeness (QED) is 0.895. The van der Waals surface area contributed by atoms with Crippen molar-refractivity contribution in [3.05, 3.63) is 29.6 Å². The van der Waals surface area contributed by atoms with Crippen LogP contribution in [0.15, 0.2) is 18.2 Å². The molecule has 1 saturated heterocycles. The van der Waals surface area contributed by atoms with Crippen LogP contribution in [0.1, 0.15) is 18.4 Å². The highest BCUT2D eigenvalue weighted by atomic mass is 19.1. The molecule has 108 valence electrons. The molecule has 2 fully saturated rings. The molecular formula is C16H20FNO2. The monoisotopic (exact) mass is 277 g/mol. The molecule has 4 rings (SSSR count). The molecule has 4 heteroatoms. The number of likely N-dealkylation sites (tertiary alicyclic amines) is 1. The van der Waals surface area contributed by atoms with E-state index in [0.29, 0.717) is 11.8 Å². The van der Waals surface area contributed by atoms with Crippen LogP contribution < -0.4 is 4.74 Å². The van der Waals surface area contributed by atoms with Gasteiger partial charge in [-0.05, 0) is 37.0 Å². The number of aliphatic hydroxyl groups is 1. The fourth-order valence-electron chi connectivity index (χ4n) is 4.16. The maximum Gasteiger partial charge on any atom is 0.123 e. The van der Waals surface area contributed by atoms with Crippen LogP contribution >= 0.6 is 0 Å². The van der Waals surface area contributed by atoms with Gasteiger partial charge < -0.3 is 9.84 Å². The first-order valence-electron chi connectivity index (χ1n) is 7.54. The van der Waals surface area contributed by atoms with Gasteiger partial charge in [0.25, 0.3) is 0 Å². The van der Waals surface area contributed by atoms with Crippen LogP contribution in [0.5, 0.6) is 5.75 Å². The summed E-state index contributed by atoms with van der Waals surface area (Å²) in [5.74, 6) is 1.75. The lowest BCUT2D eigenvalue weighted by atomic mass is 10.00. The van der Waals surface area contributed by atoms with Crippen molar-refractivity contribution in [3.63, 3.8) is 0 Å². The molecule has 0 radical (unpaired) electrons. The van der Waals surface area contributed by atoms with E-state index in [1.54, 1.807) is 12.1 Å². The van der Waals surface area contributed by atoms with E-state index < -0.39 is 0 Å². The molecule has 4 unspecified atom stereocenters. The zero-order valence-electron chi connectivity index (χ0n) is 11.5. The number of nitrogens with zero attached hydrogens (tertiary/aromatic N) is 1. The van der Waals surface area contributed by atoms with Gasteiger partial charge in [0.1, 0.15) is 17.7 Å². The summed E-state index contributed by atoms with van der Waals surface area (Å²) in [6.45, 7) is 2.94. The van der Waals surface area contributed by atoms with Gasteiger partial charge in [0.15, 0.2) is 0 Å². The van der Waals surface area contributed by atoms with Crippen LogP contribution in [0.3, 0.4) is 0 Å². The molecule has 3 nitrogen and oxygen atoms in total. The van der Waals surface area contributed by atoms with Gasteiger partial charge >= 0.3 is 0 Å². The molecule has 2 aliphatic heterocycles. The van der Waals surface area contributed by atoms with E-state index in [9.17, 15) is 9.50 Å². The van der Waals surface area contributed by atoms with E-state index in [1.165, 1.54) is 6.07 Å². The SMILES string of the molecule is OC1CCC2CN(CC3Cc4cc(F)ccc4O3)CC12. The highest BCUT2D eigenvalue weighted by molar-refractivity contribution is 5.37. The van der Waals surface area contributed by atoms with Crippen LogP contribution in [0.25, 0.3) is 0 Å². The van der Waals surface area contributed by atoms with Crippen LogP contribution in [-0.4, -0.2) is 41.8 Å². The predicted octanol–water partition coefficient (Wildman–Crippen LogP) is 1.83. The van der Waals surface area contributed by atoms with Gasteiger partial charge in [-0.1, -0.05) is 0 Å². The minimum Gasteiger partial charge on any atom is -0.488 e. The van der Waals surface area contributed by atoms with Gasteiger partial charge in [0.2, 0.25) is 0 Å². The number of hydrogen-bond donors (Lipinski definition) is 1. The Labute approximate surface area is 118 Å². The second kappa shape index (κ2) is 4.71. The smallest absolute Gasteiger partial charge is 0.123 e. The van der Waals surface area contributed by atoms with Crippen molar-refractivity contribution >= 4 is 0 Å². The van der Waals surface area contributed by atoms with Crippen molar-refractivity contribution in [3.8, 4) is 5.75 Å². The maximum atomic E-state index is 13.2. The van der Waals surface area contributed by atoms with Crippen LogP contribution in [0.2, 0.25) is 0 Å². The van der Waals surface area contributed by atoms with E-state index in [0.717, 1.165) is 50.2 Å². The lowest BCUT2D eigenvalue weighted by molar-refractivity contribution is 0.114. The zero-order chi connectivity index (χ0) is 13.7. The Hall–Kier alpha value is -1.13. The molecule has 1 aromatic carbocycles. The molecule has 3 aliphatic rings. The molecule has 0 spiro atoms. The molecule has 1 aromatic rings. The summed E-state index contributed by atoms with van der Waals surface area (Å²) in [6, 6.07) is 4.77. The summed E-state index contributed by atoms with van der Waals surface area (Å²) in [7, 11) is 0. The largest absolute Gasteiger partial charge is 0.488 e. The number of halogens is 1. The molecule has 2 heterocycles. The lowest BCUT2D eigenvalue weighted by Crippen LogP contribution is -2.34. The third kappa shape index (κ3) is 2.11. The minimum atomic E-state index is -0.188. The number of benzene rings is 1. The van der Waals surface area contributed by atoms with Crippen molar-refractivity contribution in [1.82, 2.24) is 4.90 Å². The maximum absolute atomic E-state index is 13.2. The first-order chi connectivity index (χ1) is 9.69. The molecular weight excluding hydrogens is 257 g/mol. The summed E-state index contributed by atoms with van der Waals surface area (Å²) in [5, 5.41) is 9.95. The Bertz CT molecular complexity index is 521. The first kappa shape index (κ1) is 12.6. The summed E-state index contributed by atoms with van der Waals surface area (Å²) >= 11 is 0. The number of rotatable bonds is 2. The van der Waals surface area contributed by atoms with Crippen molar-refractivity contribution in [2.24, 2.45) is 11.8 Å². The van der Waals surface area contributed by atoms with E-state index in [2.05, 4.69) is 4.90 Å². The molecule has 1 N–H and O–H groups in total. The number of aliphatic hydroxyl groups excluding tert-OH is 1. The standard InChI is InChI=1S/C16H20FNO2/c17-12-2-4-16-11(5-12)6-13(20-16)8-18-7-10-1-3-15(19)14(10)9-18/h2,4-5,10,13-15,19H,1,3,6-9H2. The second-order valence-electron chi connectivity index (χ2n) is 6.48. The zero-order valence-corrected chi connectivity index (χ0v) is 11.5. The normalized spacial score (nSPS) is 35.9. The molecule has 4 atom stereocenters. The second-order valence-corrected chi connectivity index (χ2v) is 6.48. The van der Waals surface area contributed by atoms with Crippen molar-refractivity contribution in [2.75, 3.05) is 19.6 Å². The van der Waals surface area contributed by atoms with Gasteiger partial charge in [-0.25, -0.2) is 4.39 Å². The van der Waals surface area contributed by atoms with Gasteiger partial charge in [0.05, 0.1) is 6.10 Å². The first-order valence-corrected chi connectivity index (χ1v) is 7.54. The summed E-state index contributed by atoms with van der Waals surface area (Å²) in [6.07, 6.45) is 2.93. The average Bonchev–Trinajstić information content (AvgIpc) is 3.06. The van der Waals surface area contributed by atoms with Crippen LogP contribution in [-0.2, 0) is 6.42 Å². The van der Waals surface area contributed by atoms with E-state index >= 15 is 0 Å². The lowest BCUT2D eigenvalue weighted by Gasteiger charge is -2.21. The highest BCUT2D eigenvalue weighted by Gasteiger charge is 2.42. The van der Waals surface area contributed by atoms with Crippen molar-refractivity contribution in [2.45, 2.75) is 31.5 Å². The number of ether oxygens (including phenoxy) is 1. The van der Waals surface area contributed by atoms with Crippen molar-refractivity contribution < 1.29 is 14.2 Å². The van der Waals surface area contributed by atoms with Gasteiger partial charge in [0, 0.05) is 37.5 Å². The Morgan fingerprint density at radius 1 is 1.30 bits per heavy atom. The summed E-state index contributed by atoms with van der Waals surface area (Å²) < 4.78 is 19.1. The third-order valence-electron chi connectivity index (χ3n) is 5.12. The van der Waals surface area contributed by atoms with E-state index in [1.807, 2.05) is 0 Å². The molecule has 20 heavy (non-hydrogen) atoms. The van der Waals surface area contributed by atoms with Gasteiger partial charge in [-0.15, -0.1) is 0 Å². The third-order valence-corrected chi connectivity index (χ3v) is 5.12.